The molecule has 0 unspecified atom stereocenters. The Hall–Kier alpha value is -3.21. The molecule has 0 aliphatic rings. The van der Waals surface area contributed by atoms with E-state index in [2.05, 4.69) is 15.5 Å². The summed E-state index contributed by atoms with van der Waals surface area (Å²) < 4.78 is 0. The van der Waals surface area contributed by atoms with E-state index in [0.29, 0.717) is 5.69 Å². The Bertz CT molecular complexity index is 837. The molecule has 1 aromatic heterocycles. The van der Waals surface area contributed by atoms with Crippen molar-refractivity contribution in [1.82, 2.24) is 15.0 Å². The molecule has 5 nitrogen and oxygen atoms in total. The maximum Gasteiger partial charge on any atom is 0.248 e. The summed E-state index contributed by atoms with van der Waals surface area (Å²) in [6, 6.07) is 17.3. The van der Waals surface area contributed by atoms with Crippen LogP contribution in [-0.2, 0) is 4.79 Å². The minimum atomic E-state index is -0.204. The number of benzene rings is 2. The third kappa shape index (κ3) is 3.91. The molecule has 0 fully saturated rings. The Labute approximate surface area is 134 Å². The van der Waals surface area contributed by atoms with Gasteiger partial charge in [0.05, 0.1) is 11.9 Å². The van der Waals surface area contributed by atoms with Gasteiger partial charge in [0.2, 0.25) is 5.91 Å². The lowest BCUT2D eigenvalue weighted by Gasteiger charge is -2.02. The monoisotopic (exact) mass is 304 g/mol. The van der Waals surface area contributed by atoms with Gasteiger partial charge in [0.25, 0.3) is 0 Å². The van der Waals surface area contributed by atoms with Gasteiger partial charge in [-0.3, -0.25) is 4.79 Å². The van der Waals surface area contributed by atoms with Gasteiger partial charge in [-0.25, -0.2) is 0 Å². The summed E-state index contributed by atoms with van der Waals surface area (Å²) in [6.07, 6.45) is 4.70. The number of aryl methyl sites for hydroxylation is 1. The van der Waals surface area contributed by atoms with Crippen LogP contribution in [0.3, 0.4) is 0 Å². The molecule has 0 atom stereocenters. The predicted octanol–water partition coefficient (Wildman–Crippen LogP) is 3.23. The number of carbonyl (C=O) groups excluding carboxylic acids is 1. The highest BCUT2D eigenvalue weighted by molar-refractivity contribution is 6.01. The van der Waals surface area contributed by atoms with Crippen LogP contribution in [0.25, 0.3) is 11.8 Å². The lowest BCUT2D eigenvalue weighted by Crippen LogP contribution is -2.07. The molecule has 0 saturated heterocycles. The Morgan fingerprint density at radius 3 is 2.74 bits per heavy atom. The first kappa shape index (κ1) is 14.7. The number of hydrogen-bond acceptors (Lipinski definition) is 3. The van der Waals surface area contributed by atoms with Crippen LogP contribution in [0, 0.1) is 6.92 Å². The van der Waals surface area contributed by atoms with Crippen LogP contribution < -0.4 is 5.32 Å². The molecule has 5 heteroatoms. The van der Waals surface area contributed by atoms with Gasteiger partial charge in [0.15, 0.2) is 0 Å². The molecule has 114 valence electrons. The van der Waals surface area contributed by atoms with Gasteiger partial charge in [-0.2, -0.15) is 9.90 Å². The molecular weight excluding hydrogens is 288 g/mol. The Morgan fingerprint density at radius 1 is 1.13 bits per heavy atom. The number of carbonyl (C=O) groups is 1. The first-order valence-corrected chi connectivity index (χ1v) is 7.24. The average molecular weight is 304 g/mol. The highest BCUT2D eigenvalue weighted by Gasteiger charge is 2.01. The highest BCUT2D eigenvalue weighted by atomic mass is 16.1. The molecule has 1 N–H and O–H groups in total. The number of amides is 1. The van der Waals surface area contributed by atoms with Crippen LogP contribution >= 0.6 is 0 Å². The fourth-order valence-electron chi connectivity index (χ4n) is 2.10. The second-order valence-electron chi connectivity index (χ2n) is 5.09. The zero-order valence-electron chi connectivity index (χ0n) is 12.7. The quantitative estimate of drug-likeness (QED) is 0.753. The Balaban J connectivity index is 1.66. The minimum absolute atomic E-state index is 0.204. The summed E-state index contributed by atoms with van der Waals surface area (Å²) >= 11 is 0. The fourth-order valence-corrected chi connectivity index (χ4v) is 2.10. The van der Waals surface area contributed by atoms with Crippen molar-refractivity contribution in [2.45, 2.75) is 6.92 Å². The molecule has 1 amide bonds. The zero-order chi connectivity index (χ0) is 16.1. The summed E-state index contributed by atoms with van der Waals surface area (Å²) in [5.74, 6) is -0.204. The standard InChI is InChI=1S/C18H16N4O/c1-14-6-5-7-15(12-14)20-18(23)11-10-16-13-19-22(21-16)17-8-3-2-4-9-17/h2-13H,1H3,(H,20,23)/b11-10+. The van der Waals surface area contributed by atoms with Crippen LogP contribution in [0.5, 0.6) is 0 Å². The number of nitrogens with one attached hydrogen (secondary N) is 1. The number of anilines is 1. The van der Waals surface area contributed by atoms with Gasteiger partial charge >= 0.3 is 0 Å². The number of para-hydroxylation sites is 1. The molecule has 3 rings (SSSR count). The molecule has 23 heavy (non-hydrogen) atoms. The number of hydrogen-bond donors (Lipinski definition) is 1. The van der Waals surface area contributed by atoms with Crippen molar-refractivity contribution in [1.29, 1.82) is 0 Å². The van der Waals surface area contributed by atoms with Crippen molar-refractivity contribution in [3.63, 3.8) is 0 Å². The molecule has 0 aliphatic carbocycles. The van der Waals surface area contributed by atoms with Crippen LogP contribution in [0.4, 0.5) is 5.69 Å². The third-order valence-electron chi connectivity index (χ3n) is 3.19. The molecule has 0 radical (unpaired) electrons. The SMILES string of the molecule is Cc1cccc(NC(=O)/C=C/c2cnn(-c3ccccc3)n2)c1. The highest BCUT2D eigenvalue weighted by Crippen LogP contribution is 2.10. The van der Waals surface area contributed by atoms with Gasteiger partial charge in [-0.1, -0.05) is 30.3 Å². The van der Waals surface area contributed by atoms with E-state index in [1.54, 1.807) is 12.3 Å². The first-order chi connectivity index (χ1) is 11.2. The van der Waals surface area contributed by atoms with E-state index in [1.807, 2.05) is 61.5 Å². The van der Waals surface area contributed by atoms with E-state index in [0.717, 1.165) is 16.9 Å². The van der Waals surface area contributed by atoms with Crippen molar-refractivity contribution in [3.8, 4) is 5.69 Å². The zero-order valence-corrected chi connectivity index (χ0v) is 12.7. The molecule has 0 bridgehead atoms. The molecular formula is C18H16N4O. The fraction of sp³-hybridized carbons (Fsp3) is 0.0556. The topological polar surface area (TPSA) is 59.8 Å². The lowest BCUT2D eigenvalue weighted by atomic mass is 10.2. The summed E-state index contributed by atoms with van der Waals surface area (Å²) in [5, 5.41) is 11.3. The smallest absolute Gasteiger partial charge is 0.248 e. The van der Waals surface area contributed by atoms with Crippen LogP contribution in [-0.4, -0.2) is 20.9 Å². The number of nitrogens with zero attached hydrogens (tertiary/aromatic N) is 3. The van der Waals surface area contributed by atoms with Crippen molar-refractivity contribution in [3.05, 3.63) is 78.1 Å². The predicted molar refractivity (Wildman–Crippen MR) is 90.2 cm³/mol. The summed E-state index contributed by atoms with van der Waals surface area (Å²) in [6.45, 7) is 1.98. The second-order valence-corrected chi connectivity index (χ2v) is 5.09. The van der Waals surface area contributed by atoms with Gasteiger partial charge in [-0.05, 0) is 42.8 Å². The van der Waals surface area contributed by atoms with Crippen molar-refractivity contribution in [2.75, 3.05) is 5.32 Å². The second kappa shape index (κ2) is 6.70. The lowest BCUT2D eigenvalue weighted by molar-refractivity contribution is -0.111. The Kier molecular flexibility index (Phi) is 4.29. The van der Waals surface area contributed by atoms with E-state index in [1.165, 1.54) is 10.9 Å². The normalized spacial score (nSPS) is 10.8. The maximum atomic E-state index is 11.9. The summed E-state index contributed by atoms with van der Waals surface area (Å²) in [7, 11) is 0. The summed E-state index contributed by atoms with van der Waals surface area (Å²) in [4.78, 5) is 13.4. The van der Waals surface area contributed by atoms with Crippen LogP contribution in [0.1, 0.15) is 11.3 Å². The number of aromatic nitrogens is 3. The van der Waals surface area contributed by atoms with Gasteiger partial charge in [0, 0.05) is 11.8 Å². The molecule has 1 heterocycles. The van der Waals surface area contributed by atoms with Crippen molar-refractivity contribution >= 4 is 17.7 Å². The molecule has 0 spiro atoms. The van der Waals surface area contributed by atoms with E-state index in [4.69, 9.17) is 0 Å². The van der Waals surface area contributed by atoms with Gasteiger partial charge < -0.3 is 5.32 Å². The van der Waals surface area contributed by atoms with E-state index in [9.17, 15) is 4.79 Å². The van der Waals surface area contributed by atoms with E-state index >= 15 is 0 Å². The van der Waals surface area contributed by atoms with Gasteiger partial charge in [0.1, 0.15) is 5.69 Å². The van der Waals surface area contributed by atoms with Crippen LogP contribution in [0.15, 0.2) is 66.9 Å². The molecule has 2 aromatic carbocycles. The Morgan fingerprint density at radius 2 is 1.96 bits per heavy atom. The van der Waals surface area contributed by atoms with Gasteiger partial charge in [-0.15, -0.1) is 5.10 Å². The van der Waals surface area contributed by atoms with Crippen molar-refractivity contribution in [2.24, 2.45) is 0 Å². The third-order valence-corrected chi connectivity index (χ3v) is 3.19. The maximum absolute atomic E-state index is 11.9. The average Bonchev–Trinajstić information content (AvgIpc) is 3.03. The minimum Gasteiger partial charge on any atom is -0.323 e. The van der Waals surface area contributed by atoms with E-state index in [-0.39, 0.29) is 5.91 Å². The molecule has 3 aromatic rings. The summed E-state index contributed by atoms with van der Waals surface area (Å²) in [5.41, 5.74) is 3.36. The molecule has 0 saturated carbocycles. The number of rotatable bonds is 4. The van der Waals surface area contributed by atoms with E-state index < -0.39 is 0 Å². The largest absolute Gasteiger partial charge is 0.323 e. The van der Waals surface area contributed by atoms with Crippen molar-refractivity contribution < 1.29 is 4.79 Å². The van der Waals surface area contributed by atoms with Crippen LogP contribution in [0.2, 0.25) is 0 Å². The first-order valence-electron chi connectivity index (χ1n) is 7.24. The molecule has 0 aliphatic heterocycles.